The molecule has 1 unspecified atom stereocenters. The Morgan fingerprint density at radius 1 is 1.08 bits per heavy atom. The van der Waals surface area contributed by atoms with Crippen molar-refractivity contribution in [3.8, 4) is 0 Å². The zero-order chi connectivity index (χ0) is 18.3. The monoisotopic (exact) mass is 374 g/mol. The number of carbonyl (C=O) groups excluding carboxylic acids is 2. The highest BCUT2D eigenvalue weighted by atomic mass is 32.2. The van der Waals surface area contributed by atoms with Crippen LogP contribution in [0.4, 0.5) is 0 Å². The molecule has 0 aromatic heterocycles. The van der Waals surface area contributed by atoms with E-state index in [0.717, 1.165) is 19.3 Å². The quantitative estimate of drug-likeness (QED) is 0.712. The predicted molar refractivity (Wildman–Crippen MR) is 99.3 cm³/mol. The number of esters is 1. The Balaban J connectivity index is 1.44. The molecule has 4 fully saturated rings. The van der Waals surface area contributed by atoms with Crippen molar-refractivity contribution in [2.75, 3.05) is 12.4 Å². The minimum absolute atomic E-state index is 0.0963. The van der Waals surface area contributed by atoms with Gasteiger partial charge in [-0.2, -0.15) is 0 Å². The van der Waals surface area contributed by atoms with Crippen molar-refractivity contribution in [2.45, 2.75) is 50.3 Å². The molecule has 4 nitrogen and oxygen atoms in total. The Kier molecular flexibility index (Phi) is 4.76. The van der Waals surface area contributed by atoms with Crippen LogP contribution in [0.15, 0.2) is 29.2 Å². The summed E-state index contributed by atoms with van der Waals surface area (Å²) < 4.78 is 17.5. The van der Waals surface area contributed by atoms with Crippen molar-refractivity contribution >= 4 is 22.6 Å². The van der Waals surface area contributed by atoms with Gasteiger partial charge in [-0.3, -0.25) is 9.00 Å². The summed E-state index contributed by atoms with van der Waals surface area (Å²) in [5.41, 5.74) is 0.0619. The van der Waals surface area contributed by atoms with E-state index in [-0.39, 0.29) is 17.8 Å². The van der Waals surface area contributed by atoms with Gasteiger partial charge in [0.05, 0.1) is 21.3 Å². The fourth-order valence-electron chi connectivity index (χ4n) is 5.80. The fourth-order valence-corrected chi connectivity index (χ4v) is 6.74. The third-order valence-electron chi connectivity index (χ3n) is 6.58. The summed E-state index contributed by atoms with van der Waals surface area (Å²) in [5.74, 6) is 2.06. The van der Waals surface area contributed by atoms with Crippen LogP contribution in [0.25, 0.3) is 0 Å². The first kappa shape index (κ1) is 17.9. The lowest BCUT2D eigenvalue weighted by Crippen LogP contribution is -2.51. The summed E-state index contributed by atoms with van der Waals surface area (Å²) in [6, 6.07) is 6.81. The van der Waals surface area contributed by atoms with Gasteiger partial charge in [-0.1, -0.05) is 19.1 Å². The molecule has 0 N–H and O–H groups in total. The Bertz CT molecular complexity index is 719. The minimum atomic E-state index is -1.23. The number of Topliss-reactive ketones (excluding diaryl/α,β-unsaturated/α-hetero) is 1. The highest BCUT2D eigenvalue weighted by Crippen LogP contribution is 2.60. The van der Waals surface area contributed by atoms with Crippen molar-refractivity contribution in [1.29, 1.82) is 0 Å². The maximum absolute atomic E-state index is 13.0. The number of ether oxygens (including phenoxy) is 1. The molecule has 1 atom stereocenters. The van der Waals surface area contributed by atoms with Crippen LogP contribution in [0.3, 0.4) is 0 Å². The highest BCUT2D eigenvalue weighted by molar-refractivity contribution is 7.85. The standard InChI is InChI=1S/C21H26O4S/c1-2-26(24)18-6-4-3-5-17(18)20(23)25-13-19(22)21-10-14-7-15(11-21)9-16(8-14)12-21/h3-6,14-16H,2,7-13H2,1H3. The molecular formula is C21H26O4S. The molecule has 26 heavy (non-hydrogen) atoms. The van der Waals surface area contributed by atoms with E-state index >= 15 is 0 Å². The lowest BCUT2D eigenvalue weighted by atomic mass is 9.48. The lowest BCUT2D eigenvalue weighted by molar-refractivity contribution is -0.147. The van der Waals surface area contributed by atoms with Gasteiger partial charge in [-0.15, -0.1) is 0 Å². The summed E-state index contributed by atoms with van der Waals surface area (Å²) in [6.45, 7) is 1.66. The second kappa shape index (κ2) is 6.91. The van der Waals surface area contributed by atoms with Gasteiger partial charge in [-0.05, 0) is 68.4 Å². The van der Waals surface area contributed by atoms with E-state index < -0.39 is 16.8 Å². The molecule has 0 saturated heterocycles. The average molecular weight is 375 g/mol. The number of rotatable bonds is 6. The van der Waals surface area contributed by atoms with Crippen LogP contribution in [0.2, 0.25) is 0 Å². The summed E-state index contributed by atoms with van der Waals surface area (Å²) >= 11 is 0. The van der Waals surface area contributed by atoms with Crippen LogP contribution in [-0.4, -0.2) is 28.3 Å². The van der Waals surface area contributed by atoms with Crippen LogP contribution in [-0.2, 0) is 20.3 Å². The predicted octanol–water partition coefficient (Wildman–Crippen LogP) is 3.76. The van der Waals surface area contributed by atoms with E-state index in [1.54, 1.807) is 24.3 Å². The van der Waals surface area contributed by atoms with E-state index in [1.165, 1.54) is 19.3 Å². The molecule has 0 spiro atoms. The van der Waals surface area contributed by atoms with Gasteiger partial charge in [-0.25, -0.2) is 4.79 Å². The van der Waals surface area contributed by atoms with E-state index in [2.05, 4.69) is 0 Å². The van der Waals surface area contributed by atoms with E-state index in [4.69, 9.17) is 4.74 Å². The van der Waals surface area contributed by atoms with Crippen molar-refractivity contribution in [2.24, 2.45) is 23.2 Å². The van der Waals surface area contributed by atoms with Gasteiger partial charge in [0.1, 0.15) is 0 Å². The molecule has 140 valence electrons. The molecule has 4 bridgehead atoms. The van der Waals surface area contributed by atoms with Crippen molar-refractivity contribution < 1.29 is 18.5 Å². The van der Waals surface area contributed by atoms with Crippen LogP contribution in [0.5, 0.6) is 0 Å². The smallest absolute Gasteiger partial charge is 0.339 e. The normalized spacial score (nSPS) is 33.0. The van der Waals surface area contributed by atoms with Gasteiger partial charge in [0.2, 0.25) is 0 Å². The van der Waals surface area contributed by atoms with Crippen LogP contribution in [0, 0.1) is 23.2 Å². The molecule has 5 heteroatoms. The minimum Gasteiger partial charge on any atom is -0.454 e. The second-order valence-electron chi connectivity index (χ2n) is 8.33. The maximum Gasteiger partial charge on any atom is 0.339 e. The molecule has 4 aliphatic rings. The van der Waals surface area contributed by atoms with Gasteiger partial charge >= 0.3 is 5.97 Å². The van der Waals surface area contributed by atoms with E-state index in [0.29, 0.717) is 34.0 Å². The van der Waals surface area contributed by atoms with Crippen LogP contribution >= 0.6 is 0 Å². The molecular weight excluding hydrogens is 348 g/mol. The second-order valence-corrected chi connectivity index (χ2v) is 10.0. The number of hydrogen-bond donors (Lipinski definition) is 0. The third-order valence-corrected chi connectivity index (χ3v) is 7.95. The molecule has 1 aromatic rings. The Labute approximate surface area is 157 Å². The average Bonchev–Trinajstić information content (AvgIpc) is 2.64. The molecule has 0 heterocycles. The third kappa shape index (κ3) is 3.15. The summed E-state index contributed by atoms with van der Waals surface area (Å²) in [4.78, 5) is 26.0. The highest BCUT2D eigenvalue weighted by Gasteiger charge is 2.54. The summed E-state index contributed by atoms with van der Waals surface area (Å²) in [7, 11) is -1.23. The summed E-state index contributed by atoms with van der Waals surface area (Å²) in [5, 5.41) is 0. The molecule has 4 aliphatic carbocycles. The van der Waals surface area contributed by atoms with Gasteiger partial charge in [0.25, 0.3) is 0 Å². The van der Waals surface area contributed by atoms with E-state index in [1.807, 2.05) is 6.92 Å². The molecule has 1 aromatic carbocycles. The Hall–Kier alpha value is -1.49. The first-order valence-electron chi connectivity index (χ1n) is 9.68. The molecule has 0 aliphatic heterocycles. The topological polar surface area (TPSA) is 60.4 Å². The first-order valence-corrected chi connectivity index (χ1v) is 11.0. The van der Waals surface area contributed by atoms with Crippen molar-refractivity contribution in [3.05, 3.63) is 29.8 Å². The maximum atomic E-state index is 13.0. The Morgan fingerprint density at radius 3 is 2.23 bits per heavy atom. The summed E-state index contributed by atoms with van der Waals surface area (Å²) in [6.07, 6.45) is 6.77. The van der Waals surface area contributed by atoms with Crippen molar-refractivity contribution in [3.63, 3.8) is 0 Å². The fraction of sp³-hybridized carbons (Fsp3) is 0.619. The SMILES string of the molecule is CCS(=O)c1ccccc1C(=O)OCC(=O)C12CC3CC(CC(C3)C1)C2. The molecule has 4 saturated carbocycles. The number of carbonyl (C=O) groups is 2. The number of hydrogen-bond acceptors (Lipinski definition) is 4. The molecule has 5 rings (SSSR count). The van der Waals surface area contributed by atoms with E-state index in [9.17, 15) is 13.8 Å². The van der Waals surface area contributed by atoms with Crippen molar-refractivity contribution in [1.82, 2.24) is 0 Å². The lowest BCUT2D eigenvalue weighted by Gasteiger charge is -2.55. The van der Waals surface area contributed by atoms with Crippen LogP contribution < -0.4 is 0 Å². The first-order chi connectivity index (χ1) is 12.5. The van der Waals surface area contributed by atoms with Crippen LogP contribution in [0.1, 0.15) is 55.8 Å². The van der Waals surface area contributed by atoms with Gasteiger partial charge < -0.3 is 4.74 Å². The molecule has 0 amide bonds. The number of benzene rings is 1. The number of ketones is 1. The largest absolute Gasteiger partial charge is 0.454 e. The van der Waals surface area contributed by atoms with Gasteiger partial charge in [0.15, 0.2) is 12.4 Å². The molecule has 0 radical (unpaired) electrons. The zero-order valence-corrected chi connectivity index (χ0v) is 16.1. The zero-order valence-electron chi connectivity index (χ0n) is 15.2. The van der Waals surface area contributed by atoms with Gasteiger partial charge in [0, 0.05) is 11.2 Å². The Morgan fingerprint density at radius 2 is 1.65 bits per heavy atom.